The maximum Gasteiger partial charge on any atom is 0.137 e. The van der Waals surface area contributed by atoms with E-state index in [4.69, 9.17) is 9.72 Å². The van der Waals surface area contributed by atoms with Crippen molar-refractivity contribution in [2.24, 2.45) is 0 Å². The zero-order chi connectivity index (χ0) is 34.2. The maximum absolute atomic E-state index is 7.09. The number of hydrogen-bond donors (Lipinski definition) is 0. The molecule has 0 amide bonds. The van der Waals surface area contributed by atoms with Crippen LogP contribution in [0.5, 0.6) is 11.5 Å². The number of anilines is 3. The first-order valence-corrected chi connectivity index (χ1v) is 17.1. The lowest BCUT2D eigenvalue weighted by molar-refractivity contribution is 0.453. The minimum Gasteiger partial charge on any atom is -0.457 e. The largest absolute Gasteiger partial charge is 0.457 e. The van der Waals surface area contributed by atoms with Crippen LogP contribution in [0.25, 0.3) is 27.6 Å². The number of rotatable bonds is 4. The molecule has 48 heavy (non-hydrogen) atoms. The third-order valence-corrected chi connectivity index (χ3v) is 9.66. The molecular formula is C43H48N4O. The quantitative estimate of drug-likeness (QED) is 0.193. The molecule has 6 aromatic rings. The highest BCUT2D eigenvalue weighted by Gasteiger charge is 2.28. The molecule has 0 saturated heterocycles. The average Bonchev–Trinajstić information content (AvgIpc) is 3.53. The first-order chi connectivity index (χ1) is 22.6. The summed E-state index contributed by atoms with van der Waals surface area (Å²) >= 11 is 0. The molecule has 0 atom stereocenters. The molecule has 0 bridgehead atoms. The van der Waals surface area contributed by atoms with Gasteiger partial charge in [-0.05, 0) is 75.9 Å². The van der Waals surface area contributed by atoms with Gasteiger partial charge in [-0.15, -0.1) is 0 Å². The van der Waals surface area contributed by atoms with E-state index in [1.165, 1.54) is 38.8 Å². The lowest BCUT2D eigenvalue weighted by Gasteiger charge is -2.27. The van der Waals surface area contributed by atoms with E-state index in [-0.39, 0.29) is 16.2 Å². The standard InChI is InChI=1S/C43H48N4O/c1-41(2,3)28-19-20-44-40(23-28)47-35-16-12-11-15-32(35)33-25-34(43(7,8)9)39(26-38(33)47)48-31-22-29(42(4,5)6)21-30(24-31)46-27-45(10)36-17-13-14-18-37(36)46/h11-26H,27H2,1-10H3. The molecule has 0 aliphatic carbocycles. The zero-order valence-corrected chi connectivity index (χ0v) is 30.1. The summed E-state index contributed by atoms with van der Waals surface area (Å²) in [5.74, 6) is 2.61. The van der Waals surface area contributed by atoms with Crippen molar-refractivity contribution in [1.29, 1.82) is 0 Å². The van der Waals surface area contributed by atoms with Gasteiger partial charge >= 0.3 is 0 Å². The molecule has 4 aromatic carbocycles. The minimum absolute atomic E-state index is 0.00453. The fraction of sp³-hybridized carbons (Fsp3) is 0.326. The molecule has 0 radical (unpaired) electrons. The van der Waals surface area contributed by atoms with Crippen molar-refractivity contribution in [2.45, 2.75) is 78.6 Å². The molecule has 0 spiro atoms. The fourth-order valence-electron chi connectivity index (χ4n) is 6.88. The Morgan fingerprint density at radius 1 is 0.625 bits per heavy atom. The second kappa shape index (κ2) is 11.2. The van der Waals surface area contributed by atoms with Gasteiger partial charge in [-0.2, -0.15) is 0 Å². The van der Waals surface area contributed by atoms with Crippen LogP contribution in [0.1, 0.15) is 79.0 Å². The molecule has 0 unspecified atom stereocenters. The van der Waals surface area contributed by atoms with Gasteiger partial charge in [0.25, 0.3) is 0 Å². The van der Waals surface area contributed by atoms with E-state index in [0.29, 0.717) is 0 Å². The van der Waals surface area contributed by atoms with Gasteiger partial charge in [-0.3, -0.25) is 4.57 Å². The van der Waals surface area contributed by atoms with E-state index in [9.17, 15) is 0 Å². The summed E-state index contributed by atoms with van der Waals surface area (Å²) in [7, 11) is 2.15. The van der Waals surface area contributed by atoms with Gasteiger partial charge in [0, 0.05) is 47.4 Å². The van der Waals surface area contributed by atoms with Crippen molar-refractivity contribution in [2.75, 3.05) is 23.5 Å². The summed E-state index contributed by atoms with van der Waals surface area (Å²) in [6.45, 7) is 21.1. The van der Waals surface area contributed by atoms with Crippen LogP contribution in [-0.4, -0.2) is 23.3 Å². The van der Waals surface area contributed by atoms with Crippen molar-refractivity contribution in [3.63, 3.8) is 0 Å². The Morgan fingerprint density at radius 2 is 1.31 bits per heavy atom. The summed E-state index contributed by atoms with van der Waals surface area (Å²) in [5.41, 5.74) is 9.24. The van der Waals surface area contributed by atoms with Gasteiger partial charge in [0.1, 0.15) is 17.3 Å². The summed E-state index contributed by atoms with van der Waals surface area (Å²) in [5, 5.41) is 2.41. The summed E-state index contributed by atoms with van der Waals surface area (Å²) in [6, 6.07) is 33.0. The summed E-state index contributed by atoms with van der Waals surface area (Å²) in [4.78, 5) is 9.60. The van der Waals surface area contributed by atoms with Crippen molar-refractivity contribution in [1.82, 2.24) is 9.55 Å². The SMILES string of the molecule is CN1CN(c2cc(Oc3cc4c(cc3C(C)(C)C)c3ccccc3n4-c3cc(C(C)(C)C)ccn3)cc(C(C)(C)C)c2)c2ccccc21. The van der Waals surface area contributed by atoms with Crippen LogP contribution in [0.3, 0.4) is 0 Å². The first-order valence-electron chi connectivity index (χ1n) is 17.1. The number of aromatic nitrogens is 2. The van der Waals surface area contributed by atoms with Crippen LogP contribution in [0, 0.1) is 0 Å². The lowest BCUT2D eigenvalue weighted by Crippen LogP contribution is -2.24. The van der Waals surface area contributed by atoms with E-state index in [2.05, 4.69) is 175 Å². The van der Waals surface area contributed by atoms with Gasteiger partial charge in [-0.1, -0.05) is 92.6 Å². The molecule has 246 valence electrons. The first kappa shape index (κ1) is 31.8. The molecule has 2 aromatic heterocycles. The highest BCUT2D eigenvalue weighted by molar-refractivity contribution is 6.10. The van der Waals surface area contributed by atoms with Crippen molar-refractivity contribution in [3.05, 3.63) is 114 Å². The third kappa shape index (κ3) is 5.59. The Labute approximate surface area is 285 Å². The normalized spacial score (nSPS) is 13.9. The van der Waals surface area contributed by atoms with Gasteiger partial charge in [-0.25, -0.2) is 4.98 Å². The second-order valence-corrected chi connectivity index (χ2v) is 16.4. The van der Waals surface area contributed by atoms with Gasteiger partial charge in [0.05, 0.1) is 29.1 Å². The minimum atomic E-state index is -0.155. The van der Waals surface area contributed by atoms with Crippen LogP contribution < -0.4 is 14.5 Å². The van der Waals surface area contributed by atoms with Crippen molar-refractivity contribution >= 4 is 38.9 Å². The molecule has 3 heterocycles. The predicted octanol–water partition coefficient (Wildman–Crippen LogP) is 11.4. The van der Waals surface area contributed by atoms with Crippen molar-refractivity contribution < 1.29 is 4.74 Å². The Bertz CT molecular complexity index is 2170. The second-order valence-electron chi connectivity index (χ2n) is 16.4. The number of hydrogen-bond acceptors (Lipinski definition) is 4. The summed E-state index contributed by atoms with van der Waals surface area (Å²) < 4.78 is 9.38. The fourth-order valence-corrected chi connectivity index (χ4v) is 6.88. The van der Waals surface area contributed by atoms with E-state index >= 15 is 0 Å². The number of benzene rings is 4. The van der Waals surface area contributed by atoms with Crippen LogP contribution in [0.2, 0.25) is 0 Å². The molecule has 5 nitrogen and oxygen atoms in total. The zero-order valence-electron chi connectivity index (χ0n) is 30.1. The highest BCUT2D eigenvalue weighted by Crippen LogP contribution is 2.45. The molecule has 1 aliphatic heterocycles. The van der Waals surface area contributed by atoms with E-state index < -0.39 is 0 Å². The maximum atomic E-state index is 7.09. The number of nitrogens with zero attached hydrogens (tertiary/aromatic N) is 4. The van der Waals surface area contributed by atoms with Crippen molar-refractivity contribution in [3.8, 4) is 17.3 Å². The molecule has 1 aliphatic rings. The Kier molecular flexibility index (Phi) is 7.39. The van der Waals surface area contributed by atoms with Crippen LogP contribution in [0.4, 0.5) is 17.1 Å². The number of ether oxygens (including phenoxy) is 1. The predicted molar refractivity (Wildman–Crippen MR) is 203 cm³/mol. The number of para-hydroxylation sites is 3. The van der Waals surface area contributed by atoms with E-state index in [0.717, 1.165) is 40.7 Å². The molecule has 0 N–H and O–H groups in total. The topological polar surface area (TPSA) is 33.5 Å². The Hall–Kier alpha value is -4.77. The van der Waals surface area contributed by atoms with Gasteiger partial charge in [0.2, 0.25) is 0 Å². The van der Waals surface area contributed by atoms with Crippen LogP contribution in [-0.2, 0) is 16.2 Å². The molecule has 5 heteroatoms. The number of pyridine rings is 1. The molecule has 0 saturated carbocycles. The molecule has 0 fully saturated rings. The third-order valence-electron chi connectivity index (χ3n) is 9.66. The highest BCUT2D eigenvalue weighted by atomic mass is 16.5. The Balaban J connectivity index is 1.44. The van der Waals surface area contributed by atoms with Crippen LogP contribution >= 0.6 is 0 Å². The lowest BCUT2D eigenvalue weighted by atomic mass is 9.85. The average molecular weight is 637 g/mol. The van der Waals surface area contributed by atoms with E-state index in [1.807, 2.05) is 6.20 Å². The summed E-state index contributed by atoms with van der Waals surface area (Å²) in [6.07, 6.45) is 1.94. The molecular weight excluding hydrogens is 589 g/mol. The Morgan fingerprint density at radius 3 is 2.02 bits per heavy atom. The smallest absolute Gasteiger partial charge is 0.137 e. The monoisotopic (exact) mass is 636 g/mol. The number of fused-ring (bicyclic) bond motifs is 4. The van der Waals surface area contributed by atoms with Crippen LogP contribution in [0.15, 0.2) is 97.2 Å². The van der Waals surface area contributed by atoms with Gasteiger partial charge in [0.15, 0.2) is 0 Å². The van der Waals surface area contributed by atoms with E-state index in [1.54, 1.807) is 0 Å². The van der Waals surface area contributed by atoms with Gasteiger partial charge < -0.3 is 14.5 Å². The molecule has 7 rings (SSSR count).